The lowest BCUT2D eigenvalue weighted by molar-refractivity contribution is -0.119. The van der Waals surface area contributed by atoms with Crippen molar-refractivity contribution in [2.24, 2.45) is 0 Å². The number of benzene rings is 2. The second kappa shape index (κ2) is 7.87. The third kappa shape index (κ3) is 4.41. The Morgan fingerprint density at radius 2 is 1.85 bits per heavy atom. The Hall–Kier alpha value is -2.40. The maximum Gasteiger partial charge on any atom is 0.244 e. The molecule has 2 aromatic carbocycles. The number of hydrogen-bond donors (Lipinski definition) is 2. The SMILES string of the molecule is CC(=O)Nc1ccc(/C=C/C(=O)NC2(c3cccc(Br)c3)CCC2)cc1. The van der Waals surface area contributed by atoms with Gasteiger partial charge in [0, 0.05) is 23.2 Å². The third-order valence-corrected chi connectivity index (χ3v) is 5.10. The Balaban J connectivity index is 1.66. The van der Waals surface area contributed by atoms with Gasteiger partial charge in [0.1, 0.15) is 0 Å². The van der Waals surface area contributed by atoms with E-state index in [9.17, 15) is 9.59 Å². The normalized spacial score (nSPS) is 15.3. The summed E-state index contributed by atoms with van der Waals surface area (Å²) >= 11 is 3.50. The van der Waals surface area contributed by atoms with Gasteiger partial charge >= 0.3 is 0 Å². The number of anilines is 1. The largest absolute Gasteiger partial charge is 0.343 e. The molecule has 1 aliphatic carbocycles. The molecule has 3 rings (SSSR count). The van der Waals surface area contributed by atoms with Crippen molar-refractivity contribution >= 4 is 39.5 Å². The quantitative estimate of drug-likeness (QED) is 0.703. The minimum atomic E-state index is -0.263. The fraction of sp³-hybridized carbons (Fsp3) is 0.238. The predicted octanol–water partition coefficient (Wildman–Crippen LogP) is 4.62. The van der Waals surface area contributed by atoms with E-state index in [0.717, 1.165) is 40.5 Å². The van der Waals surface area contributed by atoms with E-state index in [1.165, 1.54) is 6.92 Å². The van der Waals surface area contributed by atoms with Crippen molar-refractivity contribution in [3.05, 3.63) is 70.2 Å². The van der Waals surface area contributed by atoms with Crippen molar-refractivity contribution in [1.82, 2.24) is 5.32 Å². The third-order valence-electron chi connectivity index (χ3n) is 4.60. The van der Waals surface area contributed by atoms with Gasteiger partial charge in [0.25, 0.3) is 0 Å². The lowest BCUT2D eigenvalue weighted by Gasteiger charge is -2.43. The van der Waals surface area contributed by atoms with Crippen LogP contribution in [0, 0.1) is 0 Å². The van der Waals surface area contributed by atoms with Crippen LogP contribution < -0.4 is 10.6 Å². The van der Waals surface area contributed by atoms with Crippen molar-refractivity contribution in [2.45, 2.75) is 31.7 Å². The summed E-state index contributed by atoms with van der Waals surface area (Å²) in [5, 5.41) is 5.90. The van der Waals surface area contributed by atoms with E-state index in [0.29, 0.717) is 0 Å². The summed E-state index contributed by atoms with van der Waals surface area (Å²) in [5.74, 6) is -0.207. The first-order chi connectivity index (χ1) is 12.5. The summed E-state index contributed by atoms with van der Waals surface area (Å²) < 4.78 is 1.02. The van der Waals surface area contributed by atoms with E-state index in [-0.39, 0.29) is 17.4 Å². The van der Waals surface area contributed by atoms with Gasteiger partial charge in [0.05, 0.1) is 5.54 Å². The van der Waals surface area contributed by atoms with Crippen LogP contribution in [0.25, 0.3) is 6.08 Å². The molecular formula is C21H21BrN2O2. The number of amides is 2. The second-order valence-corrected chi connectivity index (χ2v) is 7.49. The zero-order chi connectivity index (χ0) is 18.6. The molecule has 0 radical (unpaired) electrons. The van der Waals surface area contributed by atoms with Gasteiger partial charge in [0.2, 0.25) is 11.8 Å². The van der Waals surface area contributed by atoms with Crippen LogP contribution in [0.3, 0.4) is 0 Å². The van der Waals surface area contributed by atoms with Gasteiger partial charge in [-0.3, -0.25) is 9.59 Å². The molecule has 5 heteroatoms. The predicted molar refractivity (Wildman–Crippen MR) is 108 cm³/mol. The van der Waals surface area contributed by atoms with Gasteiger partial charge in [-0.2, -0.15) is 0 Å². The van der Waals surface area contributed by atoms with E-state index in [2.05, 4.69) is 38.7 Å². The molecule has 2 amide bonds. The van der Waals surface area contributed by atoms with Crippen LogP contribution in [-0.2, 0) is 15.1 Å². The molecule has 1 saturated carbocycles. The highest BCUT2D eigenvalue weighted by Crippen LogP contribution is 2.41. The highest BCUT2D eigenvalue weighted by Gasteiger charge is 2.39. The molecule has 0 atom stereocenters. The molecule has 0 aromatic heterocycles. The van der Waals surface area contributed by atoms with E-state index in [1.54, 1.807) is 12.2 Å². The van der Waals surface area contributed by atoms with Crippen molar-refractivity contribution in [3.63, 3.8) is 0 Å². The van der Waals surface area contributed by atoms with Crippen molar-refractivity contribution in [2.75, 3.05) is 5.32 Å². The highest BCUT2D eigenvalue weighted by atomic mass is 79.9. The van der Waals surface area contributed by atoms with Crippen LogP contribution in [0.15, 0.2) is 59.1 Å². The summed E-state index contributed by atoms with van der Waals surface area (Å²) in [7, 11) is 0. The van der Waals surface area contributed by atoms with Crippen LogP contribution in [0.2, 0.25) is 0 Å². The average molecular weight is 413 g/mol. The molecule has 2 N–H and O–H groups in total. The van der Waals surface area contributed by atoms with Crippen LogP contribution >= 0.6 is 15.9 Å². The Labute approximate surface area is 161 Å². The van der Waals surface area contributed by atoms with Gasteiger partial charge in [-0.15, -0.1) is 0 Å². The maximum absolute atomic E-state index is 12.4. The minimum absolute atomic E-state index is 0.101. The number of nitrogens with one attached hydrogen (secondary N) is 2. The molecule has 0 heterocycles. The maximum atomic E-state index is 12.4. The molecule has 0 aliphatic heterocycles. The van der Waals surface area contributed by atoms with E-state index < -0.39 is 0 Å². The monoisotopic (exact) mass is 412 g/mol. The molecule has 2 aromatic rings. The molecule has 0 bridgehead atoms. The smallest absolute Gasteiger partial charge is 0.244 e. The number of carbonyl (C=O) groups excluding carboxylic acids is 2. The van der Waals surface area contributed by atoms with Crippen molar-refractivity contribution < 1.29 is 9.59 Å². The first-order valence-electron chi connectivity index (χ1n) is 8.61. The molecule has 0 spiro atoms. The van der Waals surface area contributed by atoms with Crippen LogP contribution in [0.1, 0.15) is 37.3 Å². The van der Waals surface area contributed by atoms with Gasteiger partial charge in [-0.1, -0.05) is 40.2 Å². The van der Waals surface area contributed by atoms with Crippen LogP contribution in [0.4, 0.5) is 5.69 Å². The molecule has 1 fully saturated rings. The molecule has 4 nitrogen and oxygen atoms in total. The van der Waals surface area contributed by atoms with E-state index in [4.69, 9.17) is 0 Å². The topological polar surface area (TPSA) is 58.2 Å². The number of halogens is 1. The summed E-state index contributed by atoms with van der Waals surface area (Å²) in [6, 6.07) is 15.5. The average Bonchev–Trinajstić information content (AvgIpc) is 2.57. The highest BCUT2D eigenvalue weighted by molar-refractivity contribution is 9.10. The number of hydrogen-bond acceptors (Lipinski definition) is 2. The zero-order valence-electron chi connectivity index (χ0n) is 14.6. The standard InChI is InChI=1S/C21H21BrN2O2/c1-15(25)23-19-9-6-16(7-10-19)8-11-20(26)24-21(12-3-13-21)17-4-2-5-18(22)14-17/h2,4-11,14H,3,12-13H2,1H3,(H,23,25)(H,24,26)/b11-8+. The van der Waals surface area contributed by atoms with Gasteiger partial charge in [-0.25, -0.2) is 0 Å². The van der Waals surface area contributed by atoms with Crippen LogP contribution in [-0.4, -0.2) is 11.8 Å². The Kier molecular flexibility index (Phi) is 5.57. The molecule has 0 saturated heterocycles. The molecule has 134 valence electrons. The first kappa shape index (κ1) is 18.4. The van der Waals surface area contributed by atoms with Crippen molar-refractivity contribution in [1.29, 1.82) is 0 Å². The molecular weight excluding hydrogens is 392 g/mol. The minimum Gasteiger partial charge on any atom is -0.343 e. The van der Waals surface area contributed by atoms with Gasteiger partial charge in [0.15, 0.2) is 0 Å². The number of carbonyl (C=O) groups is 2. The van der Waals surface area contributed by atoms with E-state index in [1.807, 2.05) is 36.4 Å². The summed E-state index contributed by atoms with van der Waals surface area (Å²) in [6.07, 6.45) is 6.36. The number of rotatable bonds is 5. The summed E-state index contributed by atoms with van der Waals surface area (Å²) in [4.78, 5) is 23.5. The lowest BCUT2D eigenvalue weighted by atomic mass is 9.72. The molecule has 26 heavy (non-hydrogen) atoms. The fourth-order valence-corrected chi connectivity index (χ4v) is 3.53. The zero-order valence-corrected chi connectivity index (χ0v) is 16.2. The summed E-state index contributed by atoms with van der Waals surface area (Å²) in [6.45, 7) is 1.47. The molecule has 1 aliphatic rings. The Morgan fingerprint density at radius 3 is 2.42 bits per heavy atom. The van der Waals surface area contributed by atoms with Gasteiger partial charge in [-0.05, 0) is 60.7 Å². The Morgan fingerprint density at radius 1 is 1.12 bits per heavy atom. The summed E-state index contributed by atoms with van der Waals surface area (Å²) in [5.41, 5.74) is 2.52. The second-order valence-electron chi connectivity index (χ2n) is 6.57. The van der Waals surface area contributed by atoms with E-state index >= 15 is 0 Å². The first-order valence-corrected chi connectivity index (χ1v) is 9.40. The van der Waals surface area contributed by atoms with Crippen LogP contribution in [0.5, 0.6) is 0 Å². The van der Waals surface area contributed by atoms with Crippen molar-refractivity contribution in [3.8, 4) is 0 Å². The van der Waals surface area contributed by atoms with Gasteiger partial charge < -0.3 is 10.6 Å². The fourth-order valence-electron chi connectivity index (χ4n) is 3.13. The lowest BCUT2D eigenvalue weighted by Crippen LogP contribution is -2.50. The Bertz CT molecular complexity index is 839. The molecule has 0 unspecified atom stereocenters.